The molecule has 0 heterocycles. The van der Waals surface area contributed by atoms with Gasteiger partial charge >= 0.3 is 19.8 Å². The lowest BCUT2D eigenvalue weighted by Crippen LogP contribution is -2.29. The molecule has 0 aliphatic carbocycles. The Morgan fingerprint density at radius 3 is 1.03 bits per heavy atom. The van der Waals surface area contributed by atoms with E-state index < -0.39 is 26.5 Å². The third-order valence-corrected chi connectivity index (χ3v) is 14.5. The van der Waals surface area contributed by atoms with Gasteiger partial charge in [0.25, 0.3) is 0 Å². The highest BCUT2D eigenvalue weighted by Crippen LogP contribution is 2.43. The van der Waals surface area contributed by atoms with E-state index in [0.717, 1.165) is 77.0 Å². The fraction of sp³-hybridized carbons (Fsp3) is 0.785. The molecule has 0 amide bonds. The molecule has 10 heteroatoms. The fourth-order valence-electron chi connectivity index (χ4n) is 8.89. The molecule has 0 spiro atoms. The van der Waals surface area contributed by atoms with Crippen molar-refractivity contribution in [1.29, 1.82) is 0 Å². The summed E-state index contributed by atoms with van der Waals surface area (Å²) in [6.07, 6.45) is 78.2. The number of phosphoric acid groups is 1. The molecule has 0 aromatic carbocycles. The molecule has 436 valence electrons. The number of ether oxygens (including phenoxy) is 2. The number of carbonyl (C=O) groups is 2. The Balaban J connectivity index is 3.94. The summed E-state index contributed by atoms with van der Waals surface area (Å²) >= 11 is 0. The first kappa shape index (κ1) is 72.5. The van der Waals surface area contributed by atoms with Gasteiger partial charge < -0.3 is 20.1 Å². The maximum atomic E-state index is 12.7. The van der Waals surface area contributed by atoms with Crippen LogP contribution in [0, 0.1) is 0 Å². The molecule has 0 saturated heterocycles. The van der Waals surface area contributed by atoms with Crippen LogP contribution in [0.4, 0.5) is 0 Å². The minimum atomic E-state index is -4.39. The van der Waals surface area contributed by atoms with Gasteiger partial charge in [0.2, 0.25) is 0 Å². The molecule has 0 aliphatic rings. The van der Waals surface area contributed by atoms with Crippen LogP contribution in [0.25, 0.3) is 0 Å². The van der Waals surface area contributed by atoms with Crippen molar-refractivity contribution in [3.8, 4) is 0 Å². The van der Waals surface area contributed by atoms with Crippen LogP contribution in [-0.2, 0) is 32.7 Å². The van der Waals surface area contributed by atoms with Gasteiger partial charge in [0.05, 0.1) is 13.2 Å². The van der Waals surface area contributed by atoms with Gasteiger partial charge in [-0.15, -0.1) is 0 Å². The van der Waals surface area contributed by atoms with Gasteiger partial charge in [-0.3, -0.25) is 18.6 Å². The van der Waals surface area contributed by atoms with Crippen molar-refractivity contribution in [3.63, 3.8) is 0 Å². The minimum Gasteiger partial charge on any atom is -0.462 e. The Morgan fingerprint density at radius 2 is 0.693 bits per heavy atom. The van der Waals surface area contributed by atoms with Gasteiger partial charge in [-0.2, -0.15) is 0 Å². The van der Waals surface area contributed by atoms with Gasteiger partial charge in [-0.25, -0.2) is 4.57 Å². The van der Waals surface area contributed by atoms with Crippen molar-refractivity contribution in [2.45, 2.75) is 302 Å². The molecule has 3 N–H and O–H groups in total. The van der Waals surface area contributed by atoms with E-state index in [1.165, 1.54) is 186 Å². The smallest absolute Gasteiger partial charge is 0.462 e. The fourth-order valence-corrected chi connectivity index (χ4v) is 9.65. The van der Waals surface area contributed by atoms with Crippen molar-refractivity contribution in [2.24, 2.45) is 5.73 Å². The van der Waals surface area contributed by atoms with E-state index in [9.17, 15) is 19.0 Å². The second-order valence-corrected chi connectivity index (χ2v) is 22.4. The number of rotatable bonds is 59. The predicted octanol–water partition coefficient (Wildman–Crippen LogP) is 20.1. The van der Waals surface area contributed by atoms with Crippen molar-refractivity contribution in [1.82, 2.24) is 0 Å². The highest BCUT2D eigenvalue weighted by Gasteiger charge is 2.26. The lowest BCUT2D eigenvalue weighted by Gasteiger charge is -2.19. The summed E-state index contributed by atoms with van der Waals surface area (Å²) in [4.78, 5) is 35.3. The van der Waals surface area contributed by atoms with Crippen molar-refractivity contribution in [3.05, 3.63) is 72.9 Å². The standard InChI is InChI=1S/C65H118NO8P/c1-3-5-7-9-11-13-15-17-19-21-23-25-27-28-29-30-31-32-33-34-36-38-40-42-44-46-48-50-52-54-56-58-65(68)74-63(62-73-75(69,70)72-60-59-66)61-71-64(67)57-55-53-51-49-47-45-43-41-39-37-35-26-24-22-20-18-16-14-12-10-8-6-4-2/h15-18,21-24,27-28,35,37,63H,3-14,19-20,25-26,29-34,36,38-62,66H2,1-2H3,(H,69,70)/b17-15-,18-16-,23-21-,24-22-,28-27-,37-35-. The summed E-state index contributed by atoms with van der Waals surface area (Å²) in [5.74, 6) is -0.829. The zero-order chi connectivity index (χ0) is 54.5. The van der Waals surface area contributed by atoms with E-state index >= 15 is 0 Å². The third kappa shape index (κ3) is 60.5. The number of esters is 2. The summed E-state index contributed by atoms with van der Waals surface area (Å²) in [5.41, 5.74) is 5.39. The van der Waals surface area contributed by atoms with Crippen LogP contribution in [-0.4, -0.2) is 49.3 Å². The summed E-state index contributed by atoms with van der Waals surface area (Å²) < 4.78 is 33.1. The zero-order valence-corrected chi connectivity index (χ0v) is 49.7. The van der Waals surface area contributed by atoms with Crippen molar-refractivity contribution < 1.29 is 37.6 Å². The summed E-state index contributed by atoms with van der Waals surface area (Å²) in [6.45, 7) is 3.74. The van der Waals surface area contributed by atoms with E-state index in [1.54, 1.807) is 0 Å². The molecule has 0 aliphatic heterocycles. The van der Waals surface area contributed by atoms with Gasteiger partial charge in [0, 0.05) is 19.4 Å². The van der Waals surface area contributed by atoms with Crippen LogP contribution in [0.1, 0.15) is 296 Å². The van der Waals surface area contributed by atoms with Crippen LogP contribution in [0.3, 0.4) is 0 Å². The first-order valence-electron chi connectivity index (χ1n) is 31.4. The highest BCUT2D eigenvalue weighted by molar-refractivity contribution is 7.47. The number of nitrogens with two attached hydrogens (primary N) is 1. The topological polar surface area (TPSA) is 134 Å². The molecule has 0 bridgehead atoms. The maximum absolute atomic E-state index is 12.7. The molecule has 0 aromatic rings. The Kier molecular flexibility index (Phi) is 58.6. The SMILES string of the molecule is CCCCCCC/C=C\C/C=C\C/C=C\CCCCCCCCCCCCCCCCCCC(=O)OC(COC(=O)CCCCCCCCCC/C=C\C/C=C\C/C=C\CCCCCCC)COP(=O)(O)OCCN. The van der Waals surface area contributed by atoms with Gasteiger partial charge in [0.1, 0.15) is 6.61 Å². The molecule has 0 rings (SSSR count). The summed E-state index contributed by atoms with van der Waals surface area (Å²) in [5, 5.41) is 0. The van der Waals surface area contributed by atoms with Crippen molar-refractivity contribution >= 4 is 19.8 Å². The lowest BCUT2D eigenvalue weighted by atomic mass is 10.0. The second kappa shape index (κ2) is 60.7. The predicted molar refractivity (Wildman–Crippen MR) is 321 cm³/mol. The molecule has 0 radical (unpaired) electrons. The van der Waals surface area contributed by atoms with Gasteiger partial charge in [-0.05, 0) is 89.9 Å². The minimum absolute atomic E-state index is 0.0505. The highest BCUT2D eigenvalue weighted by atomic mass is 31.2. The quantitative estimate of drug-likeness (QED) is 0.0264. The molecule has 2 atom stereocenters. The van der Waals surface area contributed by atoms with Crippen LogP contribution in [0.5, 0.6) is 0 Å². The molecule has 0 fully saturated rings. The number of unbranched alkanes of at least 4 members (excludes halogenated alkanes) is 34. The van der Waals surface area contributed by atoms with E-state index in [2.05, 4.69) is 86.8 Å². The zero-order valence-electron chi connectivity index (χ0n) is 48.8. The number of allylic oxidation sites excluding steroid dienone is 12. The van der Waals surface area contributed by atoms with Crippen LogP contribution >= 0.6 is 7.82 Å². The van der Waals surface area contributed by atoms with E-state index in [-0.39, 0.29) is 38.6 Å². The molecule has 9 nitrogen and oxygen atoms in total. The molecule has 2 unspecified atom stereocenters. The first-order chi connectivity index (χ1) is 36.8. The van der Waals surface area contributed by atoms with Crippen LogP contribution in [0.15, 0.2) is 72.9 Å². The van der Waals surface area contributed by atoms with E-state index in [4.69, 9.17) is 24.3 Å². The molecular formula is C65H118NO8P. The van der Waals surface area contributed by atoms with Crippen molar-refractivity contribution in [2.75, 3.05) is 26.4 Å². The number of phosphoric ester groups is 1. The molecular weight excluding hydrogens is 954 g/mol. The van der Waals surface area contributed by atoms with Gasteiger partial charge in [-0.1, -0.05) is 267 Å². The largest absolute Gasteiger partial charge is 0.472 e. The number of carbonyl (C=O) groups excluding carboxylic acids is 2. The average molecular weight is 1070 g/mol. The Labute approximate surface area is 462 Å². The lowest BCUT2D eigenvalue weighted by molar-refractivity contribution is -0.161. The Morgan fingerprint density at radius 1 is 0.400 bits per heavy atom. The van der Waals surface area contributed by atoms with E-state index in [1.807, 2.05) is 0 Å². The van der Waals surface area contributed by atoms with Gasteiger partial charge in [0.15, 0.2) is 6.10 Å². The van der Waals surface area contributed by atoms with E-state index in [0.29, 0.717) is 6.42 Å². The monoisotopic (exact) mass is 1070 g/mol. The number of hydrogen-bond donors (Lipinski definition) is 2. The average Bonchev–Trinajstić information content (AvgIpc) is 3.40. The summed E-state index contributed by atoms with van der Waals surface area (Å²) in [7, 11) is -4.39. The number of hydrogen-bond acceptors (Lipinski definition) is 8. The third-order valence-electron chi connectivity index (χ3n) is 13.6. The normalized spacial score (nSPS) is 13.5. The van der Waals surface area contributed by atoms with Crippen LogP contribution in [0.2, 0.25) is 0 Å². The Hall–Kier alpha value is -2.55. The van der Waals surface area contributed by atoms with Crippen LogP contribution < -0.4 is 5.73 Å². The molecule has 75 heavy (non-hydrogen) atoms. The molecule has 0 aromatic heterocycles. The first-order valence-corrected chi connectivity index (χ1v) is 32.9. The maximum Gasteiger partial charge on any atom is 0.472 e. The molecule has 0 saturated carbocycles. The summed E-state index contributed by atoms with van der Waals surface area (Å²) in [6, 6.07) is 0. The second-order valence-electron chi connectivity index (χ2n) is 20.9. The Bertz CT molecular complexity index is 1460.